The lowest BCUT2D eigenvalue weighted by molar-refractivity contribution is 0.183. The van der Waals surface area contributed by atoms with Crippen LogP contribution in [0.5, 0.6) is 5.75 Å². The lowest BCUT2D eigenvalue weighted by Crippen LogP contribution is -2.42. The van der Waals surface area contributed by atoms with Crippen molar-refractivity contribution in [1.82, 2.24) is 20.0 Å². The van der Waals surface area contributed by atoms with Crippen molar-refractivity contribution in [2.75, 3.05) is 20.2 Å². The zero-order valence-electron chi connectivity index (χ0n) is 14.9. The Bertz CT molecular complexity index is 646. The summed E-state index contributed by atoms with van der Waals surface area (Å²) in [7, 11) is 3.71. The second-order valence-corrected chi connectivity index (χ2v) is 6.70. The molecule has 5 heteroatoms. The SMILES string of the molecule is COc1ccccc1CN1CCC(N[C@@H](C)c2cnn(C)c2)CC1. The fourth-order valence-corrected chi connectivity index (χ4v) is 3.45. The number of aryl methyl sites for hydroxylation is 1. The summed E-state index contributed by atoms with van der Waals surface area (Å²) >= 11 is 0. The van der Waals surface area contributed by atoms with Crippen LogP contribution in [-0.4, -0.2) is 40.9 Å². The number of hydrogen-bond donors (Lipinski definition) is 1. The molecule has 0 spiro atoms. The molecule has 1 atom stereocenters. The first-order valence-corrected chi connectivity index (χ1v) is 8.74. The van der Waals surface area contributed by atoms with Crippen molar-refractivity contribution in [3.8, 4) is 5.75 Å². The van der Waals surface area contributed by atoms with Gasteiger partial charge in [0.2, 0.25) is 0 Å². The topological polar surface area (TPSA) is 42.3 Å². The molecule has 0 aliphatic carbocycles. The van der Waals surface area contributed by atoms with Crippen molar-refractivity contribution >= 4 is 0 Å². The molecule has 3 rings (SSSR count). The van der Waals surface area contributed by atoms with Gasteiger partial charge in [-0.25, -0.2) is 0 Å². The van der Waals surface area contributed by atoms with E-state index in [2.05, 4.69) is 40.6 Å². The van der Waals surface area contributed by atoms with Crippen molar-refractivity contribution < 1.29 is 4.74 Å². The smallest absolute Gasteiger partial charge is 0.123 e. The van der Waals surface area contributed by atoms with E-state index in [0.717, 1.165) is 25.4 Å². The molecule has 1 aliphatic rings. The summed E-state index contributed by atoms with van der Waals surface area (Å²) < 4.78 is 7.33. The average molecular weight is 328 g/mol. The predicted octanol–water partition coefficient (Wildman–Crippen LogP) is 2.74. The maximum absolute atomic E-state index is 5.46. The average Bonchev–Trinajstić information content (AvgIpc) is 3.04. The molecule has 1 aliphatic heterocycles. The van der Waals surface area contributed by atoms with E-state index in [-0.39, 0.29) is 0 Å². The number of likely N-dealkylation sites (tertiary alicyclic amines) is 1. The van der Waals surface area contributed by atoms with Crippen LogP contribution in [0, 0.1) is 0 Å². The van der Waals surface area contributed by atoms with Crippen LogP contribution in [0.15, 0.2) is 36.7 Å². The Morgan fingerprint density at radius 3 is 2.71 bits per heavy atom. The van der Waals surface area contributed by atoms with Gasteiger partial charge < -0.3 is 10.1 Å². The highest BCUT2D eigenvalue weighted by Crippen LogP contribution is 2.22. The first kappa shape index (κ1) is 17.0. The molecular weight excluding hydrogens is 300 g/mol. The maximum Gasteiger partial charge on any atom is 0.123 e. The number of nitrogens with one attached hydrogen (secondary N) is 1. The molecule has 1 aromatic heterocycles. The third-order valence-electron chi connectivity index (χ3n) is 4.88. The van der Waals surface area contributed by atoms with Gasteiger partial charge in [-0.2, -0.15) is 5.10 Å². The van der Waals surface area contributed by atoms with Gasteiger partial charge in [0, 0.05) is 43.0 Å². The summed E-state index contributed by atoms with van der Waals surface area (Å²) in [5.74, 6) is 0.989. The Kier molecular flexibility index (Phi) is 5.53. The molecular formula is C19H28N4O. The van der Waals surface area contributed by atoms with Crippen molar-refractivity contribution in [2.45, 2.75) is 38.4 Å². The number of rotatable bonds is 6. The lowest BCUT2D eigenvalue weighted by atomic mass is 10.0. The molecule has 0 unspecified atom stereocenters. The molecule has 2 heterocycles. The minimum Gasteiger partial charge on any atom is -0.496 e. The molecule has 130 valence electrons. The van der Waals surface area contributed by atoms with Crippen LogP contribution in [-0.2, 0) is 13.6 Å². The van der Waals surface area contributed by atoms with Crippen LogP contribution in [0.2, 0.25) is 0 Å². The van der Waals surface area contributed by atoms with Crippen molar-refractivity contribution in [2.24, 2.45) is 7.05 Å². The fourth-order valence-electron chi connectivity index (χ4n) is 3.45. The van der Waals surface area contributed by atoms with Crippen molar-refractivity contribution in [1.29, 1.82) is 0 Å². The highest BCUT2D eigenvalue weighted by atomic mass is 16.5. The molecule has 5 nitrogen and oxygen atoms in total. The van der Waals surface area contributed by atoms with Crippen LogP contribution in [0.4, 0.5) is 0 Å². The second-order valence-electron chi connectivity index (χ2n) is 6.70. The summed E-state index contributed by atoms with van der Waals surface area (Å²) in [5, 5.41) is 8.01. The molecule has 1 aromatic carbocycles. The number of methoxy groups -OCH3 is 1. The van der Waals surface area contributed by atoms with E-state index in [9.17, 15) is 0 Å². The minimum atomic E-state index is 0.351. The molecule has 24 heavy (non-hydrogen) atoms. The molecule has 0 bridgehead atoms. The van der Waals surface area contributed by atoms with Crippen molar-refractivity contribution in [3.05, 3.63) is 47.8 Å². The number of aromatic nitrogens is 2. The minimum absolute atomic E-state index is 0.351. The Labute approximate surface area is 144 Å². The molecule has 0 saturated carbocycles. The van der Waals surface area contributed by atoms with E-state index >= 15 is 0 Å². The largest absolute Gasteiger partial charge is 0.496 e. The quantitative estimate of drug-likeness (QED) is 0.885. The highest BCUT2D eigenvalue weighted by Gasteiger charge is 2.21. The maximum atomic E-state index is 5.46. The third kappa shape index (κ3) is 4.16. The standard InChI is InChI=1S/C19H28N4O/c1-15(17-12-20-22(2)13-17)21-18-8-10-23(11-9-18)14-16-6-4-5-7-19(16)24-3/h4-7,12-13,15,18,21H,8-11,14H2,1-3H3/t15-/m0/s1. The van der Waals surface area contributed by atoms with Gasteiger partial charge in [0.1, 0.15) is 5.75 Å². The summed E-state index contributed by atoms with van der Waals surface area (Å²) in [5.41, 5.74) is 2.53. The first-order valence-electron chi connectivity index (χ1n) is 8.74. The van der Waals surface area contributed by atoms with E-state index in [4.69, 9.17) is 4.74 Å². The number of hydrogen-bond acceptors (Lipinski definition) is 4. The number of para-hydroxylation sites is 1. The van der Waals surface area contributed by atoms with Gasteiger partial charge in [-0.1, -0.05) is 18.2 Å². The molecule has 1 N–H and O–H groups in total. The summed E-state index contributed by atoms with van der Waals surface area (Å²) in [4.78, 5) is 2.52. The zero-order valence-corrected chi connectivity index (χ0v) is 14.9. The third-order valence-corrected chi connectivity index (χ3v) is 4.88. The number of nitrogens with zero attached hydrogens (tertiary/aromatic N) is 3. The first-order chi connectivity index (χ1) is 11.7. The molecule has 2 aromatic rings. The fraction of sp³-hybridized carbons (Fsp3) is 0.526. The van der Waals surface area contributed by atoms with Crippen LogP contribution in [0.1, 0.15) is 36.9 Å². The van der Waals surface area contributed by atoms with Gasteiger partial charge in [-0.3, -0.25) is 9.58 Å². The van der Waals surface area contributed by atoms with Gasteiger partial charge in [0.05, 0.1) is 13.3 Å². The van der Waals surface area contributed by atoms with Crippen LogP contribution in [0.25, 0.3) is 0 Å². The Morgan fingerprint density at radius 1 is 1.29 bits per heavy atom. The van der Waals surface area contributed by atoms with E-state index in [1.807, 2.05) is 30.1 Å². The second kappa shape index (κ2) is 7.81. The van der Waals surface area contributed by atoms with Gasteiger partial charge in [-0.05, 0) is 38.9 Å². The molecule has 0 radical (unpaired) electrons. The Morgan fingerprint density at radius 2 is 2.04 bits per heavy atom. The lowest BCUT2D eigenvalue weighted by Gasteiger charge is -2.34. The van der Waals surface area contributed by atoms with E-state index in [1.54, 1.807) is 7.11 Å². The van der Waals surface area contributed by atoms with E-state index in [1.165, 1.54) is 24.0 Å². The summed E-state index contributed by atoms with van der Waals surface area (Å²) in [6, 6.07) is 9.24. The van der Waals surface area contributed by atoms with Crippen molar-refractivity contribution in [3.63, 3.8) is 0 Å². The van der Waals surface area contributed by atoms with Gasteiger partial charge in [-0.15, -0.1) is 0 Å². The normalized spacial score (nSPS) is 17.8. The number of ether oxygens (including phenoxy) is 1. The summed E-state index contributed by atoms with van der Waals surface area (Å²) in [6.45, 7) is 5.43. The van der Waals surface area contributed by atoms with E-state index < -0.39 is 0 Å². The molecule has 1 saturated heterocycles. The monoisotopic (exact) mass is 328 g/mol. The number of piperidine rings is 1. The van der Waals surface area contributed by atoms with Crippen LogP contribution < -0.4 is 10.1 Å². The molecule has 0 amide bonds. The van der Waals surface area contributed by atoms with Gasteiger partial charge >= 0.3 is 0 Å². The summed E-state index contributed by atoms with van der Waals surface area (Å²) in [6.07, 6.45) is 6.41. The zero-order chi connectivity index (χ0) is 16.9. The van der Waals surface area contributed by atoms with Gasteiger partial charge in [0.15, 0.2) is 0 Å². The van der Waals surface area contributed by atoms with Crippen LogP contribution >= 0.6 is 0 Å². The molecule has 1 fully saturated rings. The number of benzene rings is 1. The van der Waals surface area contributed by atoms with Crippen LogP contribution in [0.3, 0.4) is 0 Å². The Balaban J connectivity index is 1.49. The van der Waals surface area contributed by atoms with Gasteiger partial charge in [0.25, 0.3) is 0 Å². The predicted molar refractivity (Wildman–Crippen MR) is 96.1 cm³/mol. The van der Waals surface area contributed by atoms with E-state index in [0.29, 0.717) is 12.1 Å². The Hall–Kier alpha value is -1.85. The highest BCUT2D eigenvalue weighted by molar-refractivity contribution is 5.33.